The van der Waals surface area contributed by atoms with Crippen LogP contribution in [-0.2, 0) is 0 Å². The lowest BCUT2D eigenvalue weighted by Crippen LogP contribution is -2.01. The number of hydrogen-bond acceptors (Lipinski definition) is 2. The van der Waals surface area contributed by atoms with E-state index in [0.29, 0.717) is 0 Å². The number of hydrogen-bond donors (Lipinski definition) is 0. The number of ether oxygens (including phenoxy) is 1. The third-order valence-corrected chi connectivity index (χ3v) is 4.05. The first-order chi connectivity index (χ1) is 10.1. The van der Waals surface area contributed by atoms with Crippen LogP contribution in [0.4, 0.5) is 0 Å². The number of nitrogens with zero attached hydrogens (tertiary/aromatic N) is 2. The Bertz CT molecular complexity index is 781. The molecule has 0 saturated carbocycles. The molecule has 1 aromatic heterocycles. The van der Waals surface area contributed by atoms with Crippen molar-refractivity contribution in [3.05, 3.63) is 52.8 Å². The predicted molar refractivity (Wildman–Crippen MR) is 89.6 cm³/mol. The monoisotopic (exact) mass is 364 g/mol. The molecule has 108 valence electrons. The van der Waals surface area contributed by atoms with E-state index in [4.69, 9.17) is 16.3 Å². The van der Waals surface area contributed by atoms with Crippen molar-refractivity contribution >= 4 is 38.6 Å². The standard InChI is InChI=1S/C16H14BrClN2O/c1-10(18)16-19-14-8-7-13(21-2)9-15(14)20(16)12-5-3-11(17)4-6-12/h3-10H,1-2H3. The van der Waals surface area contributed by atoms with E-state index < -0.39 is 0 Å². The highest BCUT2D eigenvalue weighted by atomic mass is 79.9. The lowest BCUT2D eigenvalue weighted by molar-refractivity contribution is 0.415. The van der Waals surface area contributed by atoms with Gasteiger partial charge in [-0.15, -0.1) is 11.6 Å². The predicted octanol–water partition coefficient (Wildman–Crippen LogP) is 5.10. The maximum Gasteiger partial charge on any atom is 0.132 e. The maximum atomic E-state index is 6.31. The van der Waals surface area contributed by atoms with E-state index in [1.165, 1.54) is 0 Å². The van der Waals surface area contributed by atoms with E-state index in [0.717, 1.165) is 32.8 Å². The number of aromatic nitrogens is 2. The van der Waals surface area contributed by atoms with Crippen molar-refractivity contribution in [2.45, 2.75) is 12.3 Å². The second kappa shape index (κ2) is 5.70. The van der Waals surface area contributed by atoms with Crippen molar-refractivity contribution in [1.82, 2.24) is 9.55 Å². The van der Waals surface area contributed by atoms with Crippen molar-refractivity contribution in [1.29, 1.82) is 0 Å². The highest BCUT2D eigenvalue weighted by molar-refractivity contribution is 9.10. The third-order valence-electron chi connectivity index (χ3n) is 3.33. The Labute approximate surface area is 136 Å². The fraction of sp³-hybridized carbons (Fsp3) is 0.188. The lowest BCUT2D eigenvalue weighted by Gasteiger charge is -2.11. The molecule has 0 aliphatic rings. The minimum Gasteiger partial charge on any atom is -0.497 e. The molecule has 0 aliphatic heterocycles. The summed E-state index contributed by atoms with van der Waals surface area (Å²) in [5.41, 5.74) is 2.91. The van der Waals surface area contributed by atoms with E-state index in [-0.39, 0.29) is 5.38 Å². The number of methoxy groups -OCH3 is 1. The Balaban J connectivity index is 2.30. The molecule has 0 amide bonds. The molecule has 0 spiro atoms. The molecular weight excluding hydrogens is 352 g/mol. The summed E-state index contributed by atoms with van der Waals surface area (Å²) in [7, 11) is 1.66. The molecule has 0 bridgehead atoms. The Hall–Kier alpha value is -1.52. The van der Waals surface area contributed by atoms with Crippen molar-refractivity contribution in [3.8, 4) is 11.4 Å². The number of alkyl halides is 1. The van der Waals surface area contributed by atoms with Gasteiger partial charge in [0.1, 0.15) is 11.6 Å². The Kier molecular flexibility index (Phi) is 3.91. The minimum atomic E-state index is -0.188. The highest BCUT2D eigenvalue weighted by Crippen LogP contribution is 2.30. The zero-order valence-corrected chi connectivity index (χ0v) is 14.0. The van der Waals surface area contributed by atoms with Crippen LogP contribution in [0, 0.1) is 0 Å². The molecule has 3 aromatic rings. The number of fused-ring (bicyclic) bond motifs is 1. The van der Waals surface area contributed by atoms with Gasteiger partial charge >= 0.3 is 0 Å². The van der Waals surface area contributed by atoms with Crippen molar-refractivity contribution in [2.24, 2.45) is 0 Å². The van der Waals surface area contributed by atoms with E-state index in [1.807, 2.05) is 49.4 Å². The smallest absolute Gasteiger partial charge is 0.132 e. The van der Waals surface area contributed by atoms with Gasteiger partial charge in [0.05, 0.1) is 23.5 Å². The number of benzene rings is 2. The van der Waals surface area contributed by atoms with Gasteiger partial charge in [0, 0.05) is 16.2 Å². The fourth-order valence-corrected chi connectivity index (χ4v) is 2.74. The van der Waals surface area contributed by atoms with E-state index >= 15 is 0 Å². The van der Waals surface area contributed by atoms with Gasteiger partial charge in [-0.1, -0.05) is 15.9 Å². The Morgan fingerprint density at radius 2 is 1.90 bits per heavy atom. The quantitative estimate of drug-likeness (QED) is 0.604. The molecule has 0 aliphatic carbocycles. The molecule has 3 nitrogen and oxygen atoms in total. The third kappa shape index (κ3) is 2.65. The van der Waals surface area contributed by atoms with Crippen LogP contribution in [0.2, 0.25) is 0 Å². The molecule has 0 N–H and O–H groups in total. The van der Waals surface area contributed by atoms with Crippen LogP contribution in [0.25, 0.3) is 16.7 Å². The molecule has 0 fully saturated rings. The maximum absolute atomic E-state index is 6.31. The van der Waals surface area contributed by atoms with Crippen molar-refractivity contribution < 1.29 is 4.74 Å². The number of rotatable bonds is 3. The van der Waals surface area contributed by atoms with Crippen LogP contribution in [0.3, 0.4) is 0 Å². The molecule has 21 heavy (non-hydrogen) atoms. The molecule has 1 heterocycles. The van der Waals surface area contributed by atoms with Crippen LogP contribution in [0.5, 0.6) is 5.75 Å². The van der Waals surface area contributed by atoms with Gasteiger partial charge in [-0.05, 0) is 43.3 Å². The molecule has 1 atom stereocenters. The molecule has 2 aromatic carbocycles. The summed E-state index contributed by atoms with van der Waals surface area (Å²) in [6.45, 7) is 1.93. The number of imidazole rings is 1. The summed E-state index contributed by atoms with van der Waals surface area (Å²) in [5.74, 6) is 1.62. The first-order valence-electron chi connectivity index (χ1n) is 6.56. The summed E-state index contributed by atoms with van der Waals surface area (Å²) < 4.78 is 8.43. The molecular formula is C16H14BrClN2O. The average molecular weight is 366 g/mol. The summed E-state index contributed by atoms with van der Waals surface area (Å²) in [6, 6.07) is 13.9. The van der Waals surface area contributed by atoms with Crippen LogP contribution in [0.15, 0.2) is 46.9 Å². The zero-order valence-electron chi connectivity index (χ0n) is 11.7. The lowest BCUT2D eigenvalue weighted by atomic mass is 10.2. The van der Waals surface area contributed by atoms with Crippen molar-refractivity contribution in [3.63, 3.8) is 0 Å². The van der Waals surface area contributed by atoms with Crippen LogP contribution in [0.1, 0.15) is 18.1 Å². The van der Waals surface area contributed by atoms with Gasteiger partial charge in [0.25, 0.3) is 0 Å². The molecule has 1 unspecified atom stereocenters. The largest absolute Gasteiger partial charge is 0.497 e. The van der Waals surface area contributed by atoms with Crippen LogP contribution < -0.4 is 4.74 Å². The minimum absolute atomic E-state index is 0.188. The van der Waals surface area contributed by atoms with E-state index in [9.17, 15) is 0 Å². The zero-order chi connectivity index (χ0) is 15.0. The van der Waals surface area contributed by atoms with Crippen LogP contribution in [-0.4, -0.2) is 16.7 Å². The summed E-state index contributed by atoms with van der Waals surface area (Å²) in [6.07, 6.45) is 0. The average Bonchev–Trinajstić information content (AvgIpc) is 2.86. The SMILES string of the molecule is COc1ccc2nc(C(C)Cl)n(-c3ccc(Br)cc3)c2c1. The summed E-state index contributed by atoms with van der Waals surface area (Å²) >= 11 is 9.77. The van der Waals surface area contributed by atoms with Gasteiger partial charge < -0.3 is 4.74 Å². The fourth-order valence-electron chi connectivity index (χ4n) is 2.33. The van der Waals surface area contributed by atoms with Gasteiger partial charge in [0.15, 0.2) is 0 Å². The summed E-state index contributed by atoms with van der Waals surface area (Å²) in [4.78, 5) is 4.65. The second-order valence-corrected chi connectivity index (χ2v) is 6.32. The Morgan fingerprint density at radius 3 is 2.52 bits per heavy atom. The molecule has 0 radical (unpaired) electrons. The molecule has 5 heteroatoms. The van der Waals surface area contributed by atoms with Gasteiger partial charge in [-0.25, -0.2) is 4.98 Å². The topological polar surface area (TPSA) is 27.1 Å². The molecule has 3 rings (SSSR count). The van der Waals surface area contributed by atoms with Gasteiger partial charge in [-0.3, -0.25) is 4.57 Å². The van der Waals surface area contributed by atoms with Crippen LogP contribution >= 0.6 is 27.5 Å². The normalized spacial score (nSPS) is 12.6. The van der Waals surface area contributed by atoms with Gasteiger partial charge in [0.2, 0.25) is 0 Å². The number of halogens is 2. The molecule has 0 saturated heterocycles. The van der Waals surface area contributed by atoms with Crippen molar-refractivity contribution in [2.75, 3.05) is 7.11 Å². The highest BCUT2D eigenvalue weighted by Gasteiger charge is 2.16. The van der Waals surface area contributed by atoms with E-state index in [1.54, 1.807) is 7.11 Å². The first-order valence-corrected chi connectivity index (χ1v) is 7.79. The van der Waals surface area contributed by atoms with E-state index in [2.05, 4.69) is 25.5 Å². The second-order valence-electron chi connectivity index (χ2n) is 4.75. The Morgan fingerprint density at radius 1 is 1.19 bits per heavy atom. The first kappa shape index (κ1) is 14.4. The summed E-state index contributed by atoms with van der Waals surface area (Å²) in [5, 5.41) is -0.188. The van der Waals surface area contributed by atoms with Gasteiger partial charge in [-0.2, -0.15) is 0 Å².